The first-order valence-corrected chi connectivity index (χ1v) is 12.3. The fourth-order valence-electron chi connectivity index (χ4n) is 3.88. The molecular formula is C28H25N3O4S. The number of dihydropyridines is 1. The molecule has 182 valence electrons. The van der Waals surface area contributed by atoms with Gasteiger partial charge in [0.1, 0.15) is 12.4 Å². The number of allylic oxidation sites excluding steroid dienone is 2. The number of hydrogen-bond acceptors (Lipinski definition) is 7. The number of ether oxygens (including phenoxy) is 1. The van der Waals surface area contributed by atoms with Gasteiger partial charge in [0.15, 0.2) is 0 Å². The first-order chi connectivity index (χ1) is 17.5. The second-order valence-electron chi connectivity index (χ2n) is 8.17. The maximum absolute atomic E-state index is 13.4. The summed E-state index contributed by atoms with van der Waals surface area (Å²) in [6.07, 6.45) is 1.51. The first-order valence-electron chi connectivity index (χ1n) is 11.3. The SMILES string of the molecule is CC1=C(C(=O)Nc2ccccc2C)[C@H](c2ccco2)C(C#N)=C(SCC(=O)OCc2ccccc2)N1. The van der Waals surface area contributed by atoms with Gasteiger partial charge >= 0.3 is 5.97 Å². The number of benzene rings is 2. The average Bonchev–Trinajstić information content (AvgIpc) is 3.42. The van der Waals surface area contributed by atoms with E-state index >= 15 is 0 Å². The molecule has 4 rings (SSSR count). The standard InChI is InChI=1S/C28H25N3O4S/c1-18-9-6-7-12-22(18)31-27(33)25-19(2)30-28(21(15-29)26(25)23-13-8-14-34-23)36-17-24(32)35-16-20-10-4-3-5-11-20/h3-14,26,30H,16-17H2,1-2H3,(H,31,33)/t26-/m0/s1. The molecule has 2 heterocycles. The summed E-state index contributed by atoms with van der Waals surface area (Å²) in [5.41, 5.74) is 3.74. The highest BCUT2D eigenvalue weighted by Gasteiger charge is 2.36. The Balaban J connectivity index is 1.55. The summed E-state index contributed by atoms with van der Waals surface area (Å²) in [6, 6.07) is 22.6. The Kier molecular flexibility index (Phi) is 7.93. The Bertz CT molecular complexity index is 1350. The monoisotopic (exact) mass is 499 g/mol. The molecule has 1 amide bonds. The molecule has 0 saturated heterocycles. The van der Waals surface area contributed by atoms with Crippen molar-refractivity contribution >= 4 is 29.3 Å². The fraction of sp³-hybridized carbons (Fsp3) is 0.179. The second-order valence-corrected chi connectivity index (χ2v) is 9.16. The van der Waals surface area contributed by atoms with Gasteiger partial charge < -0.3 is 19.8 Å². The minimum atomic E-state index is -0.724. The molecule has 3 aromatic rings. The van der Waals surface area contributed by atoms with Crippen LogP contribution < -0.4 is 10.6 Å². The molecule has 7 nitrogen and oxygen atoms in total. The van der Waals surface area contributed by atoms with Gasteiger partial charge in [-0.05, 0) is 43.2 Å². The molecule has 2 N–H and O–H groups in total. The van der Waals surface area contributed by atoms with Gasteiger partial charge in [0, 0.05) is 11.4 Å². The third kappa shape index (κ3) is 5.70. The van der Waals surface area contributed by atoms with Crippen molar-refractivity contribution in [2.24, 2.45) is 0 Å². The van der Waals surface area contributed by atoms with Crippen molar-refractivity contribution in [3.63, 3.8) is 0 Å². The minimum absolute atomic E-state index is 0.00322. The Morgan fingerprint density at radius 2 is 1.83 bits per heavy atom. The largest absolute Gasteiger partial charge is 0.468 e. The summed E-state index contributed by atoms with van der Waals surface area (Å²) in [6.45, 7) is 3.85. The van der Waals surface area contributed by atoms with Crippen molar-refractivity contribution < 1.29 is 18.7 Å². The van der Waals surface area contributed by atoms with Crippen LogP contribution in [0.4, 0.5) is 5.69 Å². The Hall–Kier alpha value is -4.22. The highest BCUT2D eigenvalue weighted by atomic mass is 32.2. The summed E-state index contributed by atoms with van der Waals surface area (Å²) in [5, 5.41) is 16.7. The van der Waals surface area contributed by atoms with Crippen LogP contribution in [-0.2, 0) is 20.9 Å². The normalized spacial score (nSPS) is 15.2. The van der Waals surface area contributed by atoms with Gasteiger partial charge in [0.25, 0.3) is 5.91 Å². The van der Waals surface area contributed by atoms with Gasteiger partial charge in [-0.15, -0.1) is 0 Å². The van der Waals surface area contributed by atoms with Crippen LogP contribution in [0.5, 0.6) is 0 Å². The summed E-state index contributed by atoms with van der Waals surface area (Å²) in [5.74, 6) is -1.00. The van der Waals surface area contributed by atoms with E-state index in [0.717, 1.165) is 22.9 Å². The molecular weight excluding hydrogens is 474 g/mol. The van der Waals surface area contributed by atoms with Crippen molar-refractivity contribution in [3.8, 4) is 6.07 Å². The molecule has 8 heteroatoms. The van der Waals surface area contributed by atoms with Gasteiger partial charge in [-0.1, -0.05) is 60.3 Å². The number of rotatable bonds is 8. The molecule has 1 aliphatic heterocycles. The van der Waals surface area contributed by atoms with E-state index < -0.39 is 11.9 Å². The molecule has 0 saturated carbocycles. The van der Waals surface area contributed by atoms with E-state index in [-0.39, 0.29) is 18.3 Å². The molecule has 0 radical (unpaired) electrons. The number of nitrogens with one attached hydrogen (secondary N) is 2. The average molecular weight is 500 g/mol. The van der Waals surface area contributed by atoms with Crippen LogP contribution in [0.3, 0.4) is 0 Å². The van der Waals surface area contributed by atoms with Crippen LogP contribution >= 0.6 is 11.8 Å². The third-order valence-electron chi connectivity index (χ3n) is 5.69. The molecule has 1 aromatic heterocycles. The second kappa shape index (κ2) is 11.5. The van der Waals surface area contributed by atoms with E-state index in [1.807, 2.05) is 61.5 Å². The number of furan rings is 1. The first kappa shape index (κ1) is 24.9. The lowest BCUT2D eigenvalue weighted by Crippen LogP contribution is -2.31. The lowest BCUT2D eigenvalue weighted by Gasteiger charge is -2.28. The van der Waals surface area contributed by atoms with Crippen LogP contribution in [0.1, 0.15) is 29.7 Å². The van der Waals surface area contributed by atoms with E-state index in [9.17, 15) is 14.9 Å². The van der Waals surface area contributed by atoms with Crippen molar-refractivity contribution in [2.75, 3.05) is 11.1 Å². The van der Waals surface area contributed by atoms with E-state index in [1.165, 1.54) is 6.26 Å². The van der Waals surface area contributed by atoms with Gasteiger partial charge in [-0.2, -0.15) is 5.26 Å². The number of carbonyl (C=O) groups excluding carboxylic acids is 2. The number of hydrogen-bond donors (Lipinski definition) is 2. The highest BCUT2D eigenvalue weighted by Crippen LogP contribution is 2.41. The zero-order valence-corrected chi connectivity index (χ0v) is 20.7. The van der Waals surface area contributed by atoms with Gasteiger partial charge in [0.2, 0.25) is 0 Å². The Morgan fingerprint density at radius 1 is 1.08 bits per heavy atom. The lowest BCUT2D eigenvalue weighted by molar-refractivity contribution is -0.141. The van der Waals surface area contributed by atoms with Gasteiger partial charge in [0.05, 0.1) is 40.2 Å². The minimum Gasteiger partial charge on any atom is -0.468 e. The smallest absolute Gasteiger partial charge is 0.316 e. The molecule has 1 aliphatic rings. The van der Waals surface area contributed by atoms with Crippen LogP contribution in [0.25, 0.3) is 0 Å². The highest BCUT2D eigenvalue weighted by molar-refractivity contribution is 8.03. The summed E-state index contributed by atoms with van der Waals surface area (Å²) in [4.78, 5) is 25.8. The predicted octanol–water partition coefficient (Wildman–Crippen LogP) is 5.40. The van der Waals surface area contributed by atoms with E-state index in [4.69, 9.17) is 9.15 Å². The number of thioether (sulfide) groups is 1. The molecule has 0 fully saturated rings. The summed E-state index contributed by atoms with van der Waals surface area (Å²) in [7, 11) is 0. The van der Waals surface area contributed by atoms with Crippen molar-refractivity contribution in [2.45, 2.75) is 26.4 Å². The number of amides is 1. The van der Waals surface area contributed by atoms with Gasteiger partial charge in [-0.25, -0.2) is 0 Å². The van der Waals surface area contributed by atoms with Crippen molar-refractivity contribution in [1.82, 2.24) is 5.32 Å². The van der Waals surface area contributed by atoms with Crippen LogP contribution in [0.2, 0.25) is 0 Å². The number of nitriles is 1. The number of esters is 1. The van der Waals surface area contributed by atoms with Crippen LogP contribution in [-0.4, -0.2) is 17.6 Å². The fourth-order valence-corrected chi connectivity index (χ4v) is 4.77. The molecule has 0 bridgehead atoms. The zero-order chi connectivity index (χ0) is 25.5. The number of nitrogens with zero attached hydrogens (tertiary/aromatic N) is 1. The molecule has 1 atom stereocenters. The summed E-state index contributed by atoms with van der Waals surface area (Å²) < 4.78 is 11.0. The van der Waals surface area contributed by atoms with Crippen LogP contribution in [0, 0.1) is 18.3 Å². The molecule has 2 aromatic carbocycles. The summed E-state index contributed by atoms with van der Waals surface area (Å²) >= 11 is 1.16. The number of carbonyl (C=O) groups is 2. The molecule has 0 aliphatic carbocycles. The number of anilines is 1. The third-order valence-corrected chi connectivity index (χ3v) is 6.68. The van der Waals surface area contributed by atoms with E-state index in [0.29, 0.717) is 33.3 Å². The number of para-hydroxylation sites is 1. The maximum atomic E-state index is 13.4. The molecule has 36 heavy (non-hydrogen) atoms. The number of aryl methyl sites for hydroxylation is 1. The zero-order valence-electron chi connectivity index (χ0n) is 19.9. The Labute approximate surface area is 213 Å². The van der Waals surface area contributed by atoms with E-state index in [1.54, 1.807) is 19.1 Å². The molecule has 0 unspecified atom stereocenters. The molecule has 0 spiro atoms. The predicted molar refractivity (Wildman–Crippen MR) is 138 cm³/mol. The Morgan fingerprint density at radius 3 is 2.53 bits per heavy atom. The topological polar surface area (TPSA) is 104 Å². The van der Waals surface area contributed by atoms with Crippen LogP contribution in [0.15, 0.2) is 99.3 Å². The maximum Gasteiger partial charge on any atom is 0.316 e. The quantitative estimate of drug-likeness (QED) is 0.400. The van der Waals surface area contributed by atoms with E-state index in [2.05, 4.69) is 16.7 Å². The lowest BCUT2D eigenvalue weighted by atomic mass is 9.85. The van der Waals surface area contributed by atoms with Gasteiger partial charge in [-0.3, -0.25) is 9.59 Å². The van der Waals surface area contributed by atoms with Crippen molar-refractivity contribution in [1.29, 1.82) is 5.26 Å². The van der Waals surface area contributed by atoms with Crippen molar-refractivity contribution in [3.05, 3.63) is 112 Å².